The van der Waals surface area contributed by atoms with Crippen LogP contribution in [0, 0.1) is 0 Å². The smallest absolute Gasteiger partial charge is 0.327 e. The summed E-state index contributed by atoms with van der Waals surface area (Å²) in [6, 6.07) is 0. The summed E-state index contributed by atoms with van der Waals surface area (Å²) in [4.78, 5) is 10.2. The fraction of sp³-hybridized carbons (Fsp3) is 0.421. The number of rotatable bonds is 13. The van der Waals surface area contributed by atoms with E-state index in [1.807, 2.05) is 6.08 Å². The summed E-state index contributed by atoms with van der Waals surface area (Å²) in [6.45, 7) is 3.69. The Morgan fingerprint density at radius 1 is 0.667 bits per heavy atom. The fourth-order valence-corrected chi connectivity index (χ4v) is 1.68. The maximum atomic E-state index is 10.2. The molecule has 116 valence electrons. The molecule has 0 aromatic heterocycles. The van der Waals surface area contributed by atoms with Gasteiger partial charge in [0.25, 0.3) is 0 Å². The van der Waals surface area contributed by atoms with Gasteiger partial charge in [0.1, 0.15) is 0 Å². The topological polar surface area (TPSA) is 37.3 Å². The van der Waals surface area contributed by atoms with Gasteiger partial charge in [-0.15, -0.1) is 6.58 Å². The largest absolute Gasteiger partial charge is 0.478 e. The zero-order chi connectivity index (χ0) is 15.6. The van der Waals surface area contributed by atoms with Crippen molar-refractivity contribution in [1.29, 1.82) is 0 Å². The summed E-state index contributed by atoms with van der Waals surface area (Å²) in [5, 5.41) is 8.41. The fourth-order valence-electron chi connectivity index (χ4n) is 1.68. The third kappa shape index (κ3) is 18.2. The third-order valence-corrected chi connectivity index (χ3v) is 2.80. The molecule has 0 aromatic rings. The molecule has 0 heterocycles. The van der Waals surface area contributed by atoms with Gasteiger partial charge >= 0.3 is 5.97 Å². The molecule has 0 aliphatic carbocycles. The molecule has 0 saturated heterocycles. The standard InChI is InChI=1S/C19H28O2/c1-2-3-4-5-6-7-8-9-10-11-12-13-14-15-16-17-18-19(20)21/h2,5-6,9-10,13-14,17-18H,1,3-4,7-8,11-12,15-16H2,(H,20,21). The molecule has 0 amide bonds. The Morgan fingerprint density at radius 2 is 1.00 bits per heavy atom. The predicted octanol–water partition coefficient (Wildman–Crippen LogP) is 5.60. The van der Waals surface area contributed by atoms with Crippen LogP contribution in [0.5, 0.6) is 0 Å². The van der Waals surface area contributed by atoms with Crippen molar-refractivity contribution in [3.8, 4) is 0 Å². The van der Waals surface area contributed by atoms with E-state index in [2.05, 4.69) is 43.0 Å². The third-order valence-electron chi connectivity index (χ3n) is 2.80. The minimum atomic E-state index is -0.875. The van der Waals surface area contributed by atoms with E-state index in [-0.39, 0.29) is 0 Å². The van der Waals surface area contributed by atoms with Crippen molar-refractivity contribution in [3.63, 3.8) is 0 Å². The number of carboxylic acids is 1. The molecule has 0 saturated carbocycles. The first-order chi connectivity index (χ1) is 10.3. The van der Waals surface area contributed by atoms with Crippen LogP contribution < -0.4 is 0 Å². The monoisotopic (exact) mass is 288 g/mol. The van der Waals surface area contributed by atoms with Crippen LogP contribution in [0.3, 0.4) is 0 Å². The summed E-state index contributed by atoms with van der Waals surface area (Å²) in [5.74, 6) is -0.875. The Kier molecular flexibility index (Phi) is 14.8. The molecule has 0 atom stereocenters. The molecule has 0 aliphatic heterocycles. The van der Waals surface area contributed by atoms with Gasteiger partial charge in [-0.25, -0.2) is 4.79 Å². The predicted molar refractivity (Wildman–Crippen MR) is 91.3 cm³/mol. The van der Waals surface area contributed by atoms with Gasteiger partial charge in [-0.05, 0) is 51.4 Å². The average Bonchev–Trinajstić information content (AvgIpc) is 2.46. The van der Waals surface area contributed by atoms with E-state index in [1.165, 1.54) is 6.08 Å². The van der Waals surface area contributed by atoms with Crippen LogP contribution in [0.4, 0.5) is 0 Å². The van der Waals surface area contributed by atoms with Gasteiger partial charge < -0.3 is 5.11 Å². The zero-order valence-electron chi connectivity index (χ0n) is 12.9. The number of carbonyl (C=O) groups is 1. The Hall–Kier alpha value is -1.83. The molecule has 2 heteroatoms. The number of unbranched alkanes of at least 4 members (excludes halogenated alkanes) is 4. The normalized spacial score (nSPS) is 12.2. The second kappa shape index (κ2) is 16.2. The maximum absolute atomic E-state index is 10.2. The minimum absolute atomic E-state index is 0.789. The molecule has 0 aromatic carbocycles. The molecule has 0 bridgehead atoms. The quantitative estimate of drug-likeness (QED) is 0.272. The van der Waals surface area contributed by atoms with E-state index in [0.717, 1.165) is 51.4 Å². The molecule has 0 fully saturated rings. The number of hydrogen-bond donors (Lipinski definition) is 1. The average molecular weight is 288 g/mol. The Morgan fingerprint density at radius 3 is 1.33 bits per heavy atom. The first kappa shape index (κ1) is 19.2. The number of allylic oxidation sites excluding steroid dienone is 8. The Bertz CT molecular complexity index is 373. The highest BCUT2D eigenvalue weighted by atomic mass is 16.4. The van der Waals surface area contributed by atoms with Crippen molar-refractivity contribution < 1.29 is 9.90 Å². The van der Waals surface area contributed by atoms with Crippen LogP contribution in [0.25, 0.3) is 0 Å². The summed E-state index contributed by atoms with van der Waals surface area (Å²) in [5.41, 5.74) is 0. The number of carboxylic acid groups (broad SMARTS) is 1. The van der Waals surface area contributed by atoms with Gasteiger partial charge in [0.15, 0.2) is 0 Å². The van der Waals surface area contributed by atoms with Gasteiger partial charge in [-0.2, -0.15) is 0 Å². The Balaban J connectivity index is 3.37. The lowest BCUT2D eigenvalue weighted by atomic mass is 10.2. The highest BCUT2D eigenvalue weighted by Gasteiger charge is 1.84. The van der Waals surface area contributed by atoms with Crippen molar-refractivity contribution in [2.75, 3.05) is 0 Å². The first-order valence-corrected chi connectivity index (χ1v) is 7.72. The van der Waals surface area contributed by atoms with Crippen LogP contribution in [-0.4, -0.2) is 11.1 Å². The molecule has 1 N–H and O–H groups in total. The second-order valence-electron chi connectivity index (χ2n) is 4.75. The van der Waals surface area contributed by atoms with Crippen LogP contribution in [0.1, 0.15) is 51.4 Å². The molecule has 0 radical (unpaired) electrons. The lowest BCUT2D eigenvalue weighted by Crippen LogP contribution is -1.85. The van der Waals surface area contributed by atoms with Gasteiger partial charge in [0, 0.05) is 6.08 Å². The second-order valence-corrected chi connectivity index (χ2v) is 4.75. The van der Waals surface area contributed by atoms with Gasteiger partial charge in [0.2, 0.25) is 0 Å². The van der Waals surface area contributed by atoms with Crippen LogP contribution in [0.2, 0.25) is 0 Å². The van der Waals surface area contributed by atoms with E-state index in [4.69, 9.17) is 5.11 Å². The lowest BCUT2D eigenvalue weighted by molar-refractivity contribution is -0.131. The lowest BCUT2D eigenvalue weighted by Gasteiger charge is -1.90. The van der Waals surface area contributed by atoms with E-state index in [9.17, 15) is 4.79 Å². The molecule has 0 unspecified atom stereocenters. The van der Waals surface area contributed by atoms with E-state index < -0.39 is 5.97 Å². The number of hydrogen-bond acceptors (Lipinski definition) is 1. The van der Waals surface area contributed by atoms with Crippen molar-refractivity contribution in [2.45, 2.75) is 51.4 Å². The first-order valence-electron chi connectivity index (χ1n) is 7.72. The van der Waals surface area contributed by atoms with Crippen molar-refractivity contribution >= 4 is 5.97 Å². The van der Waals surface area contributed by atoms with Gasteiger partial charge in [-0.1, -0.05) is 48.6 Å². The van der Waals surface area contributed by atoms with Crippen LogP contribution in [-0.2, 0) is 4.79 Å². The highest BCUT2D eigenvalue weighted by Crippen LogP contribution is 2.01. The summed E-state index contributed by atoms with van der Waals surface area (Å²) in [6.07, 6.45) is 26.2. The molecule has 21 heavy (non-hydrogen) atoms. The molecular weight excluding hydrogens is 260 g/mol. The van der Waals surface area contributed by atoms with Crippen molar-refractivity contribution in [3.05, 3.63) is 61.3 Å². The van der Waals surface area contributed by atoms with Crippen molar-refractivity contribution in [2.24, 2.45) is 0 Å². The molecule has 0 rings (SSSR count). The summed E-state index contributed by atoms with van der Waals surface area (Å²) < 4.78 is 0. The maximum Gasteiger partial charge on any atom is 0.327 e. The molecular formula is C19H28O2. The summed E-state index contributed by atoms with van der Waals surface area (Å²) >= 11 is 0. The van der Waals surface area contributed by atoms with Crippen LogP contribution in [0.15, 0.2) is 61.3 Å². The van der Waals surface area contributed by atoms with Crippen LogP contribution >= 0.6 is 0 Å². The van der Waals surface area contributed by atoms with Gasteiger partial charge in [-0.3, -0.25) is 0 Å². The van der Waals surface area contributed by atoms with E-state index >= 15 is 0 Å². The number of aliphatic carboxylic acids is 1. The highest BCUT2D eigenvalue weighted by molar-refractivity contribution is 5.79. The van der Waals surface area contributed by atoms with E-state index in [0.29, 0.717) is 0 Å². The van der Waals surface area contributed by atoms with Crippen molar-refractivity contribution in [1.82, 2.24) is 0 Å². The SMILES string of the molecule is C=CCCC=CCCC=CCCC=CCCC=CC(=O)O. The minimum Gasteiger partial charge on any atom is -0.478 e. The summed E-state index contributed by atoms with van der Waals surface area (Å²) in [7, 11) is 0. The molecule has 0 aliphatic rings. The van der Waals surface area contributed by atoms with E-state index in [1.54, 1.807) is 6.08 Å². The zero-order valence-corrected chi connectivity index (χ0v) is 12.9. The molecule has 0 spiro atoms. The van der Waals surface area contributed by atoms with Gasteiger partial charge in [0.05, 0.1) is 0 Å². The molecule has 2 nitrogen and oxygen atoms in total. The Labute approximate surface area is 129 Å².